The van der Waals surface area contributed by atoms with Gasteiger partial charge in [0, 0.05) is 0 Å². The average Bonchev–Trinajstić information content (AvgIpc) is 3.14. The average molecular weight is 434 g/mol. The Balaban J connectivity index is 1.23. The summed E-state index contributed by atoms with van der Waals surface area (Å²) in [5.74, 6) is 5.38. The zero-order chi connectivity index (χ0) is 22.3. The van der Waals surface area contributed by atoms with Crippen LogP contribution in [0.1, 0.15) is 102 Å². The van der Waals surface area contributed by atoms with Crippen LogP contribution in [-0.4, -0.2) is 10.7 Å². The summed E-state index contributed by atoms with van der Waals surface area (Å²) in [4.78, 5) is 0. The molecule has 32 heavy (non-hydrogen) atoms. The van der Waals surface area contributed by atoms with E-state index in [9.17, 15) is 5.11 Å². The van der Waals surface area contributed by atoms with Gasteiger partial charge in [-0.25, -0.2) is 0 Å². The normalized spacial score (nSPS) is 43.1. The SMILES string of the molecule is CCC[C@@]1(O)CC[C@H]2[C@H](CC[C@@H]3[C@@H]2CC[C@]2(C)[C@@H](CCc4ccc(C#N)cc4)CC[C@@H]32)C1. The lowest BCUT2D eigenvalue weighted by molar-refractivity contribution is -0.108. The van der Waals surface area contributed by atoms with Crippen molar-refractivity contribution in [1.29, 1.82) is 5.26 Å². The highest BCUT2D eigenvalue weighted by Gasteiger charge is 2.57. The topological polar surface area (TPSA) is 44.0 Å². The van der Waals surface area contributed by atoms with Crippen molar-refractivity contribution in [1.82, 2.24) is 0 Å². The van der Waals surface area contributed by atoms with E-state index in [0.717, 1.165) is 73.2 Å². The lowest BCUT2D eigenvalue weighted by atomic mass is 9.48. The molecule has 0 aliphatic heterocycles. The molecule has 5 rings (SSSR count). The van der Waals surface area contributed by atoms with Gasteiger partial charge in [0.2, 0.25) is 0 Å². The molecule has 0 heterocycles. The van der Waals surface area contributed by atoms with Crippen molar-refractivity contribution in [2.24, 2.45) is 40.9 Å². The van der Waals surface area contributed by atoms with Crippen molar-refractivity contribution in [3.63, 3.8) is 0 Å². The van der Waals surface area contributed by atoms with Crippen LogP contribution in [-0.2, 0) is 6.42 Å². The molecule has 0 unspecified atom stereocenters. The van der Waals surface area contributed by atoms with Crippen LogP contribution in [0.5, 0.6) is 0 Å². The Morgan fingerprint density at radius 1 is 0.969 bits per heavy atom. The third-order valence-electron chi connectivity index (χ3n) is 10.9. The molecule has 0 bridgehead atoms. The Hall–Kier alpha value is -1.33. The number of nitrogens with zero attached hydrogens (tertiary/aromatic N) is 1. The molecule has 4 saturated carbocycles. The number of nitriles is 1. The number of benzene rings is 1. The summed E-state index contributed by atoms with van der Waals surface area (Å²) >= 11 is 0. The molecule has 2 nitrogen and oxygen atoms in total. The molecule has 1 aromatic rings. The molecule has 0 saturated heterocycles. The van der Waals surface area contributed by atoms with Crippen LogP contribution in [0, 0.1) is 52.3 Å². The molecule has 174 valence electrons. The van der Waals surface area contributed by atoms with Crippen LogP contribution in [0.4, 0.5) is 0 Å². The van der Waals surface area contributed by atoms with Gasteiger partial charge in [-0.05, 0) is 136 Å². The number of rotatable bonds is 5. The fourth-order valence-electron chi connectivity index (χ4n) is 9.32. The zero-order valence-electron chi connectivity index (χ0n) is 20.4. The summed E-state index contributed by atoms with van der Waals surface area (Å²) < 4.78 is 0. The largest absolute Gasteiger partial charge is 0.390 e. The fourth-order valence-corrected chi connectivity index (χ4v) is 9.32. The van der Waals surface area contributed by atoms with Gasteiger partial charge in [0.15, 0.2) is 0 Å². The van der Waals surface area contributed by atoms with Crippen molar-refractivity contribution < 1.29 is 5.11 Å². The van der Waals surface area contributed by atoms with Gasteiger partial charge in [-0.1, -0.05) is 32.4 Å². The van der Waals surface area contributed by atoms with Crippen molar-refractivity contribution in [2.75, 3.05) is 0 Å². The second-order valence-electron chi connectivity index (χ2n) is 12.3. The van der Waals surface area contributed by atoms with E-state index in [1.54, 1.807) is 0 Å². The van der Waals surface area contributed by atoms with Crippen LogP contribution in [0.15, 0.2) is 24.3 Å². The smallest absolute Gasteiger partial charge is 0.0991 e. The van der Waals surface area contributed by atoms with Crippen molar-refractivity contribution in [3.8, 4) is 6.07 Å². The molecule has 0 spiro atoms. The molecule has 4 fully saturated rings. The second-order valence-corrected chi connectivity index (χ2v) is 12.3. The van der Waals surface area contributed by atoms with E-state index < -0.39 is 0 Å². The van der Waals surface area contributed by atoms with Crippen molar-refractivity contribution >= 4 is 0 Å². The summed E-state index contributed by atoms with van der Waals surface area (Å²) in [6, 6.07) is 10.5. The van der Waals surface area contributed by atoms with Crippen LogP contribution in [0.2, 0.25) is 0 Å². The van der Waals surface area contributed by atoms with Crippen LogP contribution < -0.4 is 0 Å². The Kier molecular flexibility index (Phi) is 6.17. The Morgan fingerprint density at radius 3 is 2.50 bits per heavy atom. The van der Waals surface area contributed by atoms with Crippen LogP contribution in [0.25, 0.3) is 0 Å². The molecule has 1 N–H and O–H groups in total. The molecular weight excluding hydrogens is 390 g/mol. The van der Waals surface area contributed by atoms with Gasteiger partial charge in [0.1, 0.15) is 0 Å². The highest BCUT2D eigenvalue weighted by atomic mass is 16.3. The van der Waals surface area contributed by atoms with E-state index in [0.29, 0.717) is 5.41 Å². The number of aryl methyl sites for hydroxylation is 1. The summed E-state index contributed by atoms with van der Waals surface area (Å²) in [6.07, 6.45) is 16.6. The molecule has 0 radical (unpaired) electrons. The summed E-state index contributed by atoms with van der Waals surface area (Å²) in [5, 5.41) is 20.1. The van der Waals surface area contributed by atoms with Crippen LogP contribution in [0.3, 0.4) is 0 Å². The molecule has 4 aliphatic rings. The minimum absolute atomic E-state index is 0.351. The van der Waals surface area contributed by atoms with E-state index in [1.165, 1.54) is 56.9 Å². The Labute approximate surface area is 195 Å². The van der Waals surface area contributed by atoms with E-state index in [-0.39, 0.29) is 5.60 Å². The van der Waals surface area contributed by atoms with Gasteiger partial charge >= 0.3 is 0 Å². The first-order chi connectivity index (χ1) is 15.5. The van der Waals surface area contributed by atoms with Crippen LogP contribution >= 0.6 is 0 Å². The van der Waals surface area contributed by atoms with Gasteiger partial charge in [0.05, 0.1) is 17.2 Å². The van der Waals surface area contributed by atoms with Gasteiger partial charge < -0.3 is 5.11 Å². The quantitative estimate of drug-likeness (QED) is 0.530. The maximum Gasteiger partial charge on any atom is 0.0991 e. The lowest BCUT2D eigenvalue weighted by Gasteiger charge is -2.57. The first-order valence-corrected chi connectivity index (χ1v) is 13.7. The third-order valence-corrected chi connectivity index (χ3v) is 10.9. The first kappa shape index (κ1) is 22.5. The highest BCUT2D eigenvalue weighted by molar-refractivity contribution is 5.31. The van der Waals surface area contributed by atoms with Gasteiger partial charge in [-0.2, -0.15) is 5.26 Å². The molecule has 2 heteroatoms. The summed E-state index contributed by atoms with van der Waals surface area (Å²) in [7, 11) is 0. The standard InChI is InChI=1S/C30H43NO/c1-3-16-30(32)18-15-25-23(19-30)9-12-27-26(25)14-17-29(2)24(11-13-28(27)29)10-8-21-4-6-22(20-31)7-5-21/h4-7,23-28,32H,3,8-19H2,1-2H3/t23-,24+,25+,26-,27-,28+,29-,30-/m1/s1. The number of hydrogen-bond donors (Lipinski definition) is 1. The summed E-state index contributed by atoms with van der Waals surface area (Å²) in [6.45, 7) is 4.87. The minimum Gasteiger partial charge on any atom is -0.390 e. The maximum atomic E-state index is 11.1. The predicted octanol–water partition coefficient (Wildman–Crippen LogP) is 7.29. The molecule has 1 aromatic carbocycles. The molecule has 0 amide bonds. The monoisotopic (exact) mass is 433 g/mol. The predicted molar refractivity (Wildman–Crippen MR) is 130 cm³/mol. The number of aliphatic hydroxyl groups is 1. The number of hydrogen-bond acceptors (Lipinski definition) is 2. The fraction of sp³-hybridized carbons (Fsp3) is 0.767. The zero-order valence-corrected chi connectivity index (χ0v) is 20.4. The number of fused-ring (bicyclic) bond motifs is 5. The van der Waals surface area contributed by atoms with E-state index >= 15 is 0 Å². The molecule has 8 atom stereocenters. The van der Waals surface area contributed by atoms with Crippen molar-refractivity contribution in [2.45, 2.75) is 103 Å². The maximum absolute atomic E-state index is 11.1. The highest BCUT2D eigenvalue weighted by Crippen LogP contribution is 2.65. The van der Waals surface area contributed by atoms with Gasteiger partial charge in [-0.3, -0.25) is 0 Å². The minimum atomic E-state index is -0.351. The molecule has 4 aliphatic carbocycles. The molecule has 0 aromatic heterocycles. The first-order valence-electron chi connectivity index (χ1n) is 13.7. The Bertz CT molecular complexity index is 839. The van der Waals surface area contributed by atoms with E-state index in [1.807, 2.05) is 12.1 Å². The third kappa shape index (κ3) is 3.94. The van der Waals surface area contributed by atoms with E-state index in [2.05, 4.69) is 32.0 Å². The second kappa shape index (κ2) is 8.79. The lowest BCUT2D eigenvalue weighted by Crippen LogP contribution is -2.51. The van der Waals surface area contributed by atoms with Gasteiger partial charge in [-0.15, -0.1) is 0 Å². The van der Waals surface area contributed by atoms with E-state index in [4.69, 9.17) is 5.26 Å². The van der Waals surface area contributed by atoms with Crippen molar-refractivity contribution in [3.05, 3.63) is 35.4 Å². The summed E-state index contributed by atoms with van der Waals surface area (Å²) in [5.41, 5.74) is 2.35. The Morgan fingerprint density at radius 2 is 1.75 bits per heavy atom. The van der Waals surface area contributed by atoms with Gasteiger partial charge in [0.25, 0.3) is 0 Å². The molecular formula is C30H43NO.